The molecule has 0 aliphatic rings. The van der Waals surface area contributed by atoms with E-state index in [1.807, 2.05) is 13.0 Å². The number of aromatic amines is 1. The van der Waals surface area contributed by atoms with Gasteiger partial charge in [-0.05, 0) is 19.5 Å². The van der Waals surface area contributed by atoms with Crippen molar-refractivity contribution in [3.63, 3.8) is 0 Å². The zero-order valence-electron chi connectivity index (χ0n) is 16.6. The van der Waals surface area contributed by atoms with Crippen molar-refractivity contribution in [2.24, 2.45) is 0 Å². The number of anilines is 1. The van der Waals surface area contributed by atoms with Gasteiger partial charge in [0.1, 0.15) is 22.9 Å². The SMILES string of the molecule is CCCn1c(N)c(C(=O)CN(C)Cc2ccc(OC)cc2OC)c(=O)[nH]c1=O. The molecule has 0 aliphatic carbocycles. The fraction of sp³-hybridized carbons (Fsp3) is 0.421. The molecule has 1 aromatic heterocycles. The average Bonchev–Trinajstić information content (AvgIpc) is 2.65. The Morgan fingerprint density at radius 3 is 2.57 bits per heavy atom. The second kappa shape index (κ2) is 9.23. The topological polar surface area (TPSA) is 120 Å². The Morgan fingerprint density at radius 1 is 1.25 bits per heavy atom. The summed E-state index contributed by atoms with van der Waals surface area (Å²) in [4.78, 5) is 40.6. The molecule has 1 heterocycles. The number of Topliss-reactive ketones (excluding diaryl/α,β-unsaturated/α-hetero) is 1. The van der Waals surface area contributed by atoms with E-state index in [0.717, 1.165) is 5.56 Å². The predicted octanol–water partition coefficient (Wildman–Crippen LogP) is 0.861. The summed E-state index contributed by atoms with van der Waals surface area (Å²) >= 11 is 0. The number of hydrogen-bond acceptors (Lipinski definition) is 7. The molecule has 0 bridgehead atoms. The maximum atomic E-state index is 12.7. The smallest absolute Gasteiger partial charge is 0.329 e. The normalized spacial score (nSPS) is 10.9. The Morgan fingerprint density at radius 2 is 1.96 bits per heavy atom. The van der Waals surface area contributed by atoms with Gasteiger partial charge in [0.15, 0.2) is 5.78 Å². The molecule has 3 N–H and O–H groups in total. The van der Waals surface area contributed by atoms with Crippen LogP contribution in [-0.4, -0.2) is 48.0 Å². The van der Waals surface area contributed by atoms with Crippen molar-refractivity contribution in [3.8, 4) is 11.5 Å². The summed E-state index contributed by atoms with van der Waals surface area (Å²) in [5.41, 5.74) is 5.23. The lowest BCUT2D eigenvalue weighted by Crippen LogP contribution is -2.38. The molecule has 0 amide bonds. The molecule has 0 saturated carbocycles. The number of nitrogens with one attached hydrogen (secondary N) is 1. The van der Waals surface area contributed by atoms with E-state index in [1.165, 1.54) is 4.57 Å². The fourth-order valence-corrected chi connectivity index (χ4v) is 2.96. The maximum Gasteiger partial charge on any atom is 0.329 e. The van der Waals surface area contributed by atoms with Gasteiger partial charge in [-0.2, -0.15) is 0 Å². The van der Waals surface area contributed by atoms with Gasteiger partial charge < -0.3 is 15.2 Å². The lowest BCUT2D eigenvalue weighted by Gasteiger charge is -2.19. The minimum atomic E-state index is -0.768. The number of benzene rings is 1. The number of likely N-dealkylation sites (N-methyl/N-ethyl adjacent to an activating group) is 1. The number of nitrogens with zero attached hydrogens (tertiary/aromatic N) is 2. The Kier molecular flexibility index (Phi) is 7.00. The molecular formula is C19H26N4O5. The first-order valence-corrected chi connectivity index (χ1v) is 8.87. The van der Waals surface area contributed by atoms with Crippen LogP contribution >= 0.6 is 0 Å². The number of hydrogen-bond donors (Lipinski definition) is 2. The lowest BCUT2D eigenvalue weighted by molar-refractivity contribution is 0.0941. The van der Waals surface area contributed by atoms with E-state index in [-0.39, 0.29) is 17.9 Å². The van der Waals surface area contributed by atoms with Crippen LogP contribution < -0.4 is 26.5 Å². The molecule has 0 unspecified atom stereocenters. The average molecular weight is 390 g/mol. The van der Waals surface area contributed by atoms with Crippen LogP contribution in [0.3, 0.4) is 0 Å². The van der Waals surface area contributed by atoms with Crippen molar-refractivity contribution in [3.05, 3.63) is 50.2 Å². The first kappa shape index (κ1) is 21.2. The molecule has 28 heavy (non-hydrogen) atoms. The first-order chi connectivity index (χ1) is 13.3. The highest BCUT2D eigenvalue weighted by molar-refractivity contribution is 6.01. The van der Waals surface area contributed by atoms with Crippen molar-refractivity contribution in [2.75, 3.05) is 33.5 Å². The van der Waals surface area contributed by atoms with Gasteiger partial charge in [-0.25, -0.2) is 4.79 Å². The third-order valence-corrected chi connectivity index (χ3v) is 4.31. The van der Waals surface area contributed by atoms with E-state index < -0.39 is 17.0 Å². The molecule has 9 heteroatoms. The van der Waals surface area contributed by atoms with E-state index >= 15 is 0 Å². The lowest BCUT2D eigenvalue weighted by atomic mass is 10.1. The Balaban J connectivity index is 2.23. The molecule has 9 nitrogen and oxygen atoms in total. The quantitative estimate of drug-likeness (QED) is 0.609. The molecule has 152 valence electrons. The van der Waals surface area contributed by atoms with Crippen LogP contribution in [0.4, 0.5) is 5.82 Å². The van der Waals surface area contributed by atoms with E-state index in [4.69, 9.17) is 15.2 Å². The van der Waals surface area contributed by atoms with E-state index in [1.54, 1.807) is 38.3 Å². The summed E-state index contributed by atoms with van der Waals surface area (Å²) in [6, 6.07) is 5.41. The second-order valence-electron chi connectivity index (χ2n) is 6.44. The summed E-state index contributed by atoms with van der Waals surface area (Å²) in [5.74, 6) is 0.735. The summed E-state index contributed by atoms with van der Waals surface area (Å²) < 4.78 is 11.8. The van der Waals surface area contributed by atoms with Gasteiger partial charge in [0.2, 0.25) is 0 Å². The number of methoxy groups -OCH3 is 2. The molecule has 0 radical (unpaired) electrons. The number of nitrogen functional groups attached to an aromatic ring is 1. The van der Waals surface area contributed by atoms with Crippen LogP contribution in [0.15, 0.2) is 27.8 Å². The number of carbonyl (C=O) groups is 1. The van der Waals surface area contributed by atoms with Crippen LogP contribution in [0.25, 0.3) is 0 Å². The van der Waals surface area contributed by atoms with Crippen LogP contribution in [0, 0.1) is 0 Å². The summed E-state index contributed by atoms with van der Waals surface area (Å²) in [7, 11) is 4.87. The molecule has 0 aliphatic heterocycles. The monoisotopic (exact) mass is 390 g/mol. The Labute approximate surface area is 162 Å². The largest absolute Gasteiger partial charge is 0.497 e. The summed E-state index contributed by atoms with van der Waals surface area (Å²) in [5, 5.41) is 0. The van der Waals surface area contributed by atoms with E-state index in [9.17, 15) is 14.4 Å². The number of aromatic nitrogens is 2. The molecule has 1 aromatic carbocycles. The van der Waals surface area contributed by atoms with Gasteiger partial charge in [0, 0.05) is 24.7 Å². The van der Waals surface area contributed by atoms with Crippen LogP contribution in [-0.2, 0) is 13.1 Å². The Hall–Kier alpha value is -3.07. The minimum Gasteiger partial charge on any atom is -0.497 e. The molecule has 0 saturated heterocycles. The molecule has 2 aromatic rings. The highest BCUT2D eigenvalue weighted by atomic mass is 16.5. The van der Waals surface area contributed by atoms with Crippen molar-refractivity contribution >= 4 is 11.6 Å². The molecule has 0 spiro atoms. The van der Waals surface area contributed by atoms with Gasteiger partial charge >= 0.3 is 5.69 Å². The van der Waals surface area contributed by atoms with Gasteiger partial charge in [-0.1, -0.05) is 13.0 Å². The van der Waals surface area contributed by atoms with Gasteiger partial charge in [-0.15, -0.1) is 0 Å². The summed E-state index contributed by atoms with van der Waals surface area (Å²) in [6.45, 7) is 2.55. The standard InChI is InChI=1S/C19H26N4O5/c1-5-8-23-17(20)16(18(25)21-19(23)26)14(24)11-22(2)10-12-6-7-13(27-3)9-15(12)28-4/h6-7,9H,5,8,10-11,20H2,1-4H3,(H,21,25,26). The van der Waals surface area contributed by atoms with Gasteiger partial charge in [-0.3, -0.25) is 24.0 Å². The van der Waals surface area contributed by atoms with Crippen molar-refractivity contribution in [1.29, 1.82) is 0 Å². The number of nitrogens with two attached hydrogens (primary N) is 1. The molecule has 2 rings (SSSR count). The number of carbonyl (C=O) groups excluding carboxylic acids is 1. The second-order valence-corrected chi connectivity index (χ2v) is 6.44. The number of ketones is 1. The third-order valence-electron chi connectivity index (χ3n) is 4.31. The molecular weight excluding hydrogens is 364 g/mol. The van der Waals surface area contributed by atoms with Gasteiger partial charge in [0.25, 0.3) is 5.56 Å². The number of ether oxygens (including phenoxy) is 2. The Bertz CT molecular complexity index is 964. The van der Waals surface area contributed by atoms with Crippen molar-refractivity contribution in [1.82, 2.24) is 14.5 Å². The maximum absolute atomic E-state index is 12.7. The molecule has 0 atom stereocenters. The van der Waals surface area contributed by atoms with Crippen LogP contribution in [0.5, 0.6) is 11.5 Å². The zero-order valence-corrected chi connectivity index (χ0v) is 16.6. The van der Waals surface area contributed by atoms with Crippen molar-refractivity contribution < 1.29 is 14.3 Å². The highest BCUT2D eigenvalue weighted by Gasteiger charge is 2.21. The summed E-state index contributed by atoms with van der Waals surface area (Å²) in [6.07, 6.45) is 0.640. The third kappa shape index (κ3) is 4.61. The van der Waals surface area contributed by atoms with E-state index in [2.05, 4.69) is 4.98 Å². The number of rotatable bonds is 9. The fourth-order valence-electron chi connectivity index (χ4n) is 2.96. The highest BCUT2D eigenvalue weighted by Crippen LogP contribution is 2.25. The predicted molar refractivity (Wildman–Crippen MR) is 106 cm³/mol. The van der Waals surface area contributed by atoms with Crippen LogP contribution in [0.1, 0.15) is 29.3 Å². The van der Waals surface area contributed by atoms with Gasteiger partial charge in [0.05, 0.1) is 20.8 Å². The molecule has 0 fully saturated rings. The number of H-pyrrole nitrogens is 1. The first-order valence-electron chi connectivity index (χ1n) is 8.87. The zero-order chi connectivity index (χ0) is 20.8. The van der Waals surface area contributed by atoms with E-state index in [0.29, 0.717) is 31.0 Å². The van der Waals surface area contributed by atoms with Crippen LogP contribution in [0.2, 0.25) is 0 Å². The minimum absolute atomic E-state index is 0.0488. The van der Waals surface area contributed by atoms with Crippen molar-refractivity contribution in [2.45, 2.75) is 26.4 Å².